The molecule has 1 aliphatic carbocycles. The van der Waals surface area contributed by atoms with Crippen molar-refractivity contribution in [1.29, 1.82) is 0 Å². The van der Waals surface area contributed by atoms with Gasteiger partial charge >= 0.3 is 0 Å². The lowest BCUT2D eigenvalue weighted by Crippen LogP contribution is -2.41. The van der Waals surface area contributed by atoms with Crippen LogP contribution in [-0.4, -0.2) is 23.4 Å². The summed E-state index contributed by atoms with van der Waals surface area (Å²) < 4.78 is 0. The lowest BCUT2D eigenvalue weighted by atomic mass is 9.76. The van der Waals surface area contributed by atoms with Crippen LogP contribution in [0.2, 0.25) is 0 Å². The molecule has 0 radical (unpaired) electrons. The van der Waals surface area contributed by atoms with Gasteiger partial charge in [-0.05, 0) is 18.3 Å². The molecule has 1 heterocycles. The van der Waals surface area contributed by atoms with Crippen molar-refractivity contribution in [2.75, 3.05) is 12.4 Å². The van der Waals surface area contributed by atoms with E-state index in [9.17, 15) is 0 Å². The van der Waals surface area contributed by atoms with Gasteiger partial charge in [0.25, 0.3) is 0 Å². The van der Waals surface area contributed by atoms with Crippen LogP contribution >= 0.6 is 11.8 Å². The van der Waals surface area contributed by atoms with Crippen LogP contribution in [0.4, 0.5) is 0 Å². The molecule has 4 heteroatoms. The van der Waals surface area contributed by atoms with Crippen molar-refractivity contribution in [3.63, 3.8) is 0 Å². The van der Waals surface area contributed by atoms with Crippen molar-refractivity contribution >= 4 is 18.0 Å². The lowest BCUT2D eigenvalue weighted by molar-refractivity contribution is 0.0733. The van der Waals surface area contributed by atoms with E-state index in [0.717, 1.165) is 11.7 Å². The van der Waals surface area contributed by atoms with Crippen LogP contribution in [0, 0.1) is 11.8 Å². The van der Waals surface area contributed by atoms with Gasteiger partial charge in [0.1, 0.15) is 11.5 Å². The maximum Gasteiger partial charge on any atom is 0.134 e. The summed E-state index contributed by atoms with van der Waals surface area (Å²) in [7, 11) is 0. The van der Waals surface area contributed by atoms with E-state index in [-0.39, 0.29) is 4.87 Å². The Labute approximate surface area is 95.8 Å². The highest BCUT2D eigenvalue weighted by molar-refractivity contribution is 8.01. The Bertz CT molecular complexity index is 247. The topological polar surface area (TPSA) is 47.6 Å². The molecule has 1 saturated carbocycles. The van der Waals surface area contributed by atoms with Gasteiger partial charge in [-0.3, -0.25) is 4.99 Å². The molecule has 0 bridgehead atoms. The van der Waals surface area contributed by atoms with E-state index in [1.165, 1.54) is 25.7 Å². The maximum atomic E-state index is 5.26. The van der Waals surface area contributed by atoms with E-state index in [1.807, 2.05) is 18.0 Å². The predicted molar refractivity (Wildman–Crippen MR) is 64.9 cm³/mol. The highest BCUT2D eigenvalue weighted by Gasteiger charge is 2.44. The van der Waals surface area contributed by atoms with E-state index in [0.29, 0.717) is 12.5 Å². The molecule has 3 atom stereocenters. The standard InChI is InChI=1S/C11H20N2OS/c1-9-4-2-3-5-10(9)11(8-14-12)13-6-7-15-11/h6,9-10H,2-5,7-8,12H2,1H3. The van der Waals surface area contributed by atoms with E-state index in [1.54, 1.807) is 0 Å². The Morgan fingerprint density at radius 3 is 2.93 bits per heavy atom. The lowest BCUT2D eigenvalue weighted by Gasteiger charge is -2.40. The van der Waals surface area contributed by atoms with Gasteiger partial charge in [0, 0.05) is 12.0 Å². The second-order valence-corrected chi connectivity index (χ2v) is 5.98. The maximum absolute atomic E-state index is 5.26. The highest BCUT2D eigenvalue weighted by Crippen LogP contribution is 2.47. The van der Waals surface area contributed by atoms with Gasteiger partial charge in [0.2, 0.25) is 0 Å². The molecule has 3 unspecified atom stereocenters. The second kappa shape index (κ2) is 4.85. The zero-order valence-electron chi connectivity index (χ0n) is 9.32. The van der Waals surface area contributed by atoms with Crippen LogP contribution in [0.3, 0.4) is 0 Å². The molecule has 1 fully saturated rings. The summed E-state index contributed by atoms with van der Waals surface area (Å²) >= 11 is 1.90. The molecule has 2 rings (SSSR count). The van der Waals surface area contributed by atoms with Crippen LogP contribution < -0.4 is 5.90 Å². The number of nitrogens with two attached hydrogens (primary N) is 1. The van der Waals surface area contributed by atoms with E-state index in [4.69, 9.17) is 10.7 Å². The molecule has 3 nitrogen and oxygen atoms in total. The Hall–Kier alpha value is -0.0600. The molecule has 0 amide bonds. The van der Waals surface area contributed by atoms with Gasteiger partial charge in [0.15, 0.2) is 0 Å². The third kappa shape index (κ3) is 2.22. The number of hydrogen-bond acceptors (Lipinski definition) is 4. The van der Waals surface area contributed by atoms with Crippen molar-refractivity contribution in [2.24, 2.45) is 22.7 Å². The van der Waals surface area contributed by atoms with Crippen molar-refractivity contribution in [1.82, 2.24) is 0 Å². The molecule has 0 aromatic heterocycles. The van der Waals surface area contributed by atoms with Crippen LogP contribution in [0.1, 0.15) is 32.6 Å². The zero-order valence-corrected chi connectivity index (χ0v) is 10.1. The SMILES string of the molecule is CC1CCCCC1C1(CON)N=CCS1. The van der Waals surface area contributed by atoms with Crippen LogP contribution in [-0.2, 0) is 4.84 Å². The van der Waals surface area contributed by atoms with Crippen molar-refractivity contribution < 1.29 is 4.84 Å². The monoisotopic (exact) mass is 228 g/mol. The van der Waals surface area contributed by atoms with E-state index >= 15 is 0 Å². The number of nitrogens with zero attached hydrogens (tertiary/aromatic N) is 1. The summed E-state index contributed by atoms with van der Waals surface area (Å²) in [5.74, 6) is 7.65. The molecule has 15 heavy (non-hydrogen) atoms. The summed E-state index contributed by atoms with van der Waals surface area (Å²) in [5.41, 5.74) is 0. The van der Waals surface area contributed by atoms with Crippen molar-refractivity contribution in [3.05, 3.63) is 0 Å². The predicted octanol–water partition coefficient (Wildman–Crippen LogP) is 2.22. The summed E-state index contributed by atoms with van der Waals surface area (Å²) in [4.78, 5) is 9.49. The smallest absolute Gasteiger partial charge is 0.134 e. The molecule has 0 aromatic carbocycles. The van der Waals surface area contributed by atoms with Gasteiger partial charge in [-0.15, -0.1) is 11.8 Å². The first-order valence-electron chi connectivity index (χ1n) is 5.78. The Morgan fingerprint density at radius 1 is 1.53 bits per heavy atom. The first-order valence-corrected chi connectivity index (χ1v) is 6.76. The van der Waals surface area contributed by atoms with Crippen LogP contribution in [0.15, 0.2) is 4.99 Å². The largest absolute Gasteiger partial charge is 0.301 e. The third-order valence-electron chi connectivity index (χ3n) is 3.70. The average molecular weight is 228 g/mol. The number of hydrogen-bond donors (Lipinski definition) is 1. The van der Waals surface area contributed by atoms with Gasteiger partial charge in [-0.2, -0.15) is 0 Å². The summed E-state index contributed by atoms with van der Waals surface area (Å²) in [5, 5.41) is 0. The van der Waals surface area contributed by atoms with E-state index in [2.05, 4.69) is 11.9 Å². The summed E-state index contributed by atoms with van der Waals surface area (Å²) in [6.07, 6.45) is 7.32. The minimum Gasteiger partial charge on any atom is -0.301 e. The second-order valence-electron chi connectivity index (χ2n) is 4.65. The fourth-order valence-corrected chi connectivity index (χ4v) is 4.21. The van der Waals surface area contributed by atoms with Crippen molar-refractivity contribution in [2.45, 2.75) is 37.5 Å². The Balaban J connectivity index is 2.12. The molecule has 1 aliphatic heterocycles. The number of thioether (sulfide) groups is 1. The quantitative estimate of drug-likeness (QED) is 0.753. The number of aliphatic imine (C=N–C) groups is 1. The molecular weight excluding hydrogens is 208 g/mol. The van der Waals surface area contributed by atoms with Gasteiger partial charge in [-0.1, -0.05) is 26.2 Å². The van der Waals surface area contributed by atoms with Gasteiger partial charge in [0.05, 0.1) is 0 Å². The molecule has 0 saturated heterocycles. The first kappa shape index (κ1) is 11.4. The normalized spacial score (nSPS) is 40.9. The number of rotatable bonds is 3. The van der Waals surface area contributed by atoms with Gasteiger partial charge < -0.3 is 4.84 Å². The molecule has 2 N–H and O–H groups in total. The summed E-state index contributed by atoms with van der Waals surface area (Å²) in [6.45, 7) is 2.90. The third-order valence-corrected chi connectivity index (χ3v) is 5.04. The van der Waals surface area contributed by atoms with Crippen LogP contribution in [0.25, 0.3) is 0 Å². The molecular formula is C11H20N2OS. The minimum absolute atomic E-state index is 0.0748. The fourth-order valence-electron chi connectivity index (χ4n) is 2.91. The van der Waals surface area contributed by atoms with Gasteiger partial charge in [-0.25, -0.2) is 5.90 Å². The fraction of sp³-hybridized carbons (Fsp3) is 0.909. The Morgan fingerprint density at radius 2 is 2.33 bits per heavy atom. The highest BCUT2D eigenvalue weighted by atomic mass is 32.2. The molecule has 0 spiro atoms. The summed E-state index contributed by atoms with van der Waals surface area (Å²) in [6, 6.07) is 0. The van der Waals surface area contributed by atoms with Crippen LogP contribution in [0.5, 0.6) is 0 Å². The Kier molecular flexibility index (Phi) is 3.69. The minimum atomic E-state index is -0.0748. The average Bonchev–Trinajstić information content (AvgIpc) is 2.69. The first-order chi connectivity index (χ1) is 7.28. The van der Waals surface area contributed by atoms with Crippen molar-refractivity contribution in [3.8, 4) is 0 Å². The molecule has 86 valence electrons. The van der Waals surface area contributed by atoms with E-state index < -0.39 is 0 Å². The molecule has 0 aromatic rings. The zero-order chi connectivity index (χ0) is 10.7. The molecule has 2 aliphatic rings.